The van der Waals surface area contributed by atoms with Gasteiger partial charge in [0.05, 0.1) is 17.1 Å². The maximum absolute atomic E-state index is 11.8. The zero-order chi connectivity index (χ0) is 13.8. The lowest BCUT2D eigenvalue weighted by molar-refractivity contribution is -0.129. The summed E-state index contributed by atoms with van der Waals surface area (Å²) in [7, 11) is 0. The number of oxime groups is 1. The van der Waals surface area contributed by atoms with Gasteiger partial charge in [-0.1, -0.05) is 28.9 Å². The molecule has 7 heteroatoms. The van der Waals surface area contributed by atoms with Crippen molar-refractivity contribution in [2.24, 2.45) is 5.16 Å². The summed E-state index contributed by atoms with van der Waals surface area (Å²) in [6.45, 7) is 0.171. The van der Waals surface area contributed by atoms with Crippen molar-refractivity contribution in [3.63, 3.8) is 0 Å². The highest BCUT2D eigenvalue weighted by Gasteiger charge is 2.26. The molecule has 100 valence electrons. The number of rotatable bonds is 4. The zero-order valence-electron chi connectivity index (χ0n) is 9.80. The van der Waals surface area contributed by atoms with Crippen molar-refractivity contribution in [2.45, 2.75) is 12.5 Å². The van der Waals surface area contributed by atoms with Gasteiger partial charge in [-0.15, -0.1) is 0 Å². The third-order valence-electron chi connectivity index (χ3n) is 2.59. The molecule has 1 aliphatic rings. The molecule has 0 aromatic heterocycles. The molecule has 1 atom stereocenters. The minimum Gasteiger partial charge on any atom is -0.477 e. The summed E-state index contributed by atoms with van der Waals surface area (Å²) in [5.41, 5.74) is 0.318. The van der Waals surface area contributed by atoms with Gasteiger partial charge in [-0.3, -0.25) is 4.79 Å². The van der Waals surface area contributed by atoms with Gasteiger partial charge in [0.15, 0.2) is 11.8 Å². The smallest absolute Gasteiger partial charge is 0.353 e. The number of carbonyl (C=O) groups is 2. The van der Waals surface area contributed by atoms with Gasteiger partial charge in [-0.05, 0) is 12.1 Å². The normalized spacial score (nSPS) is 17.5. The SMILES string of the molecule is O=C(O)C1=NO[C@H](CNC(=O)c2ccccc2Cl)C1. The third kappa shape index (κ3) is 3.23. The average Bonchev–Trinajstić information content (AvgIpc) is 2.85. The Hall–Kier alpha value is -2.08. The van der Waals surface area contributed by atoms with E-state index in [0.29, 0.717) is 10.6 Å². The summed E-state index contributed by atoms with van der Waals surface area (Å²) in [6, 6.07) is 6.66. The average molecular weight is 283 g/mol. The maximum Gasteiger partial charge on any atom is 0.353 e. The Morgan fingerprint density at radius 1 is 1.47 bits per heavy atom. The molecule has 19 heavy (non-hydrogen) atoms. The first-order chi connectivity index (χ1) is 9.08. The van der Waals surface area contributed by atoms with Gasteiger partial charge in [0, 0.05) is 6.42 Å². The lowest BCUT2D eigenvalue weighted by Gasteiger charge is -2.10. The summed E-state index contributed by atoms with van der Waals surface area (Å²) >= 11 is 5.89. The van der Waals surface area contributed by atoms with E-state index in [9.17, 15) is 9.59 Å². The second-order valence-electron chi connectivity index (χ2n) is 3.96. The standard InChI is InChI=1S/C12H11ClN2O4/c13-9-4-2-1-3-8(9)11(16)14-6-7-5-10(12(17)18)15-19-7/h1-4,7H,5-6H2,(H,14,16)(H,17,18)/t7-/m0/s1. The Morgan fingerprint density at radius 2 is 2.21 bits per heavy atom. The first-order valence-electron chi connectivity index (χ1n) is 5.56. The van der Waals surface area contributed by atoms with E-state index >= 15 is 0 Å². The Morgan fingerprint density at radius 3 is 2.84 bits per heavy atom. The molecule has 6 nitrogen and oxygen atoms in total. The summed E-state index contributed by atoms with van der Waals surface area (Å²) in [5, 5.41) is 15.1. The summed E-state index contributed by atoms with van der Waals surface area (Å²) < 4.78 is 0. The molecule has 1 heterocycles. The van der Waals surface area contributed by atoms with E-state index in [0.717, 1.165) is 0 Å². The molecule has 0 saturated carbocycles. The minimum absolute atomic E-state index is 0.0445. The van der Waals surface area contributed by atoms with E-state index in [2.05, 4.69) is 10.5 Å². The third-order valence-corrected chi connectivity index (χ3v) is 2.92. The number of nitrogens with zero attached hydrogens (tertiary/aromatic N) is 1. The first-order valence-corrected chi connectivity index (χ1v) is 5.94. The molecule has 1 amide bonds. The van der Waals surface area contributed by atoms with Crippen molar-refractivity contribution < 1.29 is 19.5 Å². The second-order valence-corrected chi connectivity index (χ2v) is 4.37. The molecule has 0 fully saturated rings. The number of amides is 1. The molecule has 0 radical (unpaired) electrons. The van der Waals surface area contributed by atoms with Crippen LogP contribution in [0.2, 0.25) is 5.02 Å². The van der Waals surface area contributed by atoms with Gasteiger partial charge in [0.2, 0.25) is 0 Å². The fourth-order valence-electron chi connectivity index (χ4n) is 1.61. The number of halogens is 1. The molecule has 1 aromatic rings. The number of aliphatic carboxylic acids is 1. The van der Waals surface area contributed by atoms with E-state index in [4.69, 9.17) is 21.5 Å². The van der Waals surface area contributed by atoms with Gasteiger partial charge in [-0.2, -0.15) is 0 Å². The molecule has 1 aliphatic heterocycles. The second kappa shape index (κ2) is 5.71. The van der Waals surface area contributed by atoms with Crippen molar-refractivity contribution in [1.82, 2.24) is 5.32 Å². The molecule has 0 aliphatic carbocycles. The maximum atomic E-state index is 11.8. The van der Waals surface area contributed by atoms with Gasteiger partial charge < -0.3 is 15.3 Å². The fourth-order valence-corrected chi connectivity index (χ4v) is 1.83. The lowest BCUT2D eigenvalue weighted by atomic mass is 10.1. The van der Waals surface area contributed by atoms with Crippen molar-refractivity contribution in [3.05, 3.63) is 34.9 Å². The van der Waals surface area contributed by atoms with Crippen LogP contribution in [0.5, 0.6) is 0 Å². The largest absolute Gasteiger partial charge is 0.477 e. The van der Waals surface area contributed by atoms with Crippen LogP contribution in [0.3, 0.4) is 0 Å². The number of carboxylic acid groups (broad SMARTS) is 1. The number of benzene rings is 1. The highest BCUT2D eigenvalue weighted by atomic mass is 35.5. The highest BCUT2D eigenvalue weighted by molar-refractivity contribution is 6.36. The van der Waals surface area contributed by atoms with E-state index in [1.54, 1.807) is 24.3 Å². The fraction of sp³-hybridized carbons (Fsp3) is 0.250. The van der Waals surface area contributed by atoms with Gasteiger partial charge >= 0.3 is 5.97 Å². The van der Waals surface area contributed by atoms with Crippen LogP contribution < -0.4 is 5.32 Å². The highest BCUT2D eigenvalue weighted by Crippen LogP contribution is 2.15. The lowest BCUT2D eigenvalue weighted by Crippen LogP contribution is -2.32. The van der Waals surface area contributed by atoms with Crippen LogP contribution in [0, 0.1) is 0 Å². The van der Waals surface area contributed by atoms with E-state index in [1.165, 1.54) is 0 Å². The number of hydrogen-bond acceptors (Lipinski definition) is 4. The molecule has 0 spiro atoms. The van der Waals surface area contributed by atoms with Crippen LogP contribution in [-0.2, 0) is 9.63 Å². The van der Waals surface area contributed by atoms with E-state index < -0.39 is 12.1 Å². The van der Waals surface area contributed by atoms with Crippen LogP contribution in [-0.4, -0.2) is 35.3 Å². The molecular weight excluding hydrogens is 272 g/mol. The molecular formula is C12H11ClN2O4. The van der Waals surface area contributed by atoms with Crippen LogP contribution in [0.15, 0.2) is 29.4 Å². The summed E-state index contributed by atoms with van der Waals surface area (Å²) in [6.07, 6.45) is -0.296. The number of hydrogen-bond donors (Lipinski definition) is 2. The molecule has 0 unspecified atom stereocenters. The Labute approximate surface area is 114 Å². The van der Waals surface area contributed by atoms with Crippen LogP contribution >= 0.6 is 11.6 Å². The minimum atomic E-state index is -1.11. The predicted octanol–water partition coefficient (Wildman–Crippen LogP) is 1.30. The van der Waals surface area contributed by atoms with Crippen LogP contribution in [0.1, 0.15) is 16.8 Å². The Kier molecular flexibility index (Phi) is 4.01. The van der Waals surface area contributed by atoms with Crippen molar-refractivity contribution >= 4 is 29.2 Å². The monoisotopic (exact) mass is 282 g/mol. The van der Waals surface area contributed by atoms with Crippen molar-refractivity contribution in [2.75, 3.05) is 6.54 Å². The van der Waals surface area contributed by atoms with Gasteiger partial charge in [-0.25, -0.2) is 4.79 Å². The van der Waals surface area contributed by atoms with Crippen LogP contribution in [0.25, 0.3) is 0 Å². The molecule has 1 aromatic carbocycles. The summed E-state index contributed by atoms with van der Waals surface area (Å²) in [4.78, 5) is 27.4. The van der Waals surface area contributed by atoms with Crippen molar-refractivity contribution in [3.8, 4) is 0 Å². The Balaban J connectivity index is 1.86. The predicted molar refractivity (Wildman–Crippen MR) is 68.3 cm³/mol. The van der Waals surface area contributed by atoms with Gasteiger partial charge in [0.25, 0.3) is 5.91 Å². The Bertz CT molecular complexity index is 544. The first kappa shape index (κ1) is 13.4. The molecule has 0 bridgehead atoms. The van der Waals surface area contributed by atoms with E-state index in [-0.39, 0.29) is 24.6 Å². The number of carbonyl (C=O) groups excluding carboxylic acids is 1. The topological polar surface area (TPSA) is 88.0 Å². The zero-order valence-corrected chi connectivity index (χ0v) is 10.6. The number of nitrogens with one attached hydrogen (secondary N) is 1. The molecule has 2 rings (SSSR count). The van der Waals surface area contributed by atoms with Gasteiger partial charge in [0.1, 0.15) is 0 Å². The summed E-state index contributed by atoms with van der Waals surface area (Å²) in [5.74, 6) is -1.45. The van der Waals surface area contributed by atoms with E-state index in [1.807, 2.05) is 0 Å². The van der Waals surface area contributed by atoms with Crippen molar-refractivity contribution in [1.29, 1.82) is 0 Å². The number of carboxylic acids is 1. The van der Waals surface area contributed by atoms with Crippen LogP contribution in [0.4, 0.5) is 0 Å². The molecule has 2 N–H and O–H groups in total. The molecule has 0 saturated heterocycles. The quantitative estimate of drug-likeness (QED) is 0.871.